The van der Waals surface area contributed by atoms with Crippen LogP contribution in [0.15, 0.2) is 60.7 Å². The van der Waals surface area contributed by atoms with Gasteiger partial charge in [0.25, 0.3) is 8.32 Å². The topological polar surface area (TPSA) is 67.8 Å². The molecule has 182 valence electrons. The van der Waals surface area contributed by atoms with Crippen molar-refractivity contribution in [1.29, 1.82) is 0 Å². The third kappa shape index (κ3) is 6.92. The number of nitrogens with one attached hydrogen (secondary N) is 1. The molecule has 0 radical (unpaired) electrons. The number of aliphatic hydroxyl groups excluding tert-OH is 1. The maximum Gasteiger partial charge on any atom is 0.407 e. The van der Waals surface area contributed by atoms with Crippen LogP contribution >= 0.6 is 0 Å². The van der Waals surface area contributed by atoms with Crippen LogP contribution < -0.4 is 15.7 Å². The summed E-state index contributed by atoms with van der Waals surface area (Å²) >= 11 is 0. The molecule has 2 aromatic rings. The quantitative estimate of drug-likeness (QED) is 0.530. The Morgan fingerprint density at radius 1 is 0.939 bits per heavy atom. The van der Waals surface area contributed by atoms with Gasteiger partial charge in [-0.2, -0.15) is 0 Å². The number of ether oxygens (including phenoxy) is 1. The Bertz CT molecular complexity index is 820. The standard InChI is InChI=1S/C27H41NO4Si/c1-8-24(28-25(30)32-26(2,3)4)21(19-29)20-31-33(27(5,6)7,22-15-11-9-12-16-22)23-17-13-10-14-18-23/h9-18,21,24,29H,8,19-20H2,1-7H3,(H,28,30)/t21-,24-/m1/s1. The molecule has 6 heteroatoms. The molecule has 2 atom stereocenters. The lowest BCUT2D eigenvalue weighted by Crippen LogP contribution is -2.67. The first kappa shape index (κ1) is 27.1. The Kier molecular flexibility index (Phi) is 9.29. The molecule has 0 heterocycles. The molecule has 2 N–H and O–H groups in total. The maximum atomic E-state index is 12.4. The minimum atomic E-state index is -2.72. The Hall–Kier alpha value is -2.15. The van der Waals surface area contributed by atoms with Gasteiger partial charge in [0.05, 0.1) is 6.61 Å². The molecule has 33 heavy (non-hydrogen) atoms. The molecule has 0 bridgehead atoms. The van der Waals surface area contributed by atoms with Crippen LogP contribution in [0.3, 0.4) is 0 Å². The zero-order chi connectivity index (χ0) is 24.7. The second-order valence-electron chi connectivity index (χ2n) is 10.6. The minimum absolute atomic E-state index is 0.0908. The predicted octanol–water partition coefficient (Wildman–Crippen LogP) is 4.47. The highest BCUT2D eigenvalue weighted by Gasteiger charge is 2.50. The van der Waals surface area contributed by atoms with Gasteiger partial charge in [0, 0.05) is 18.6 Å². The van der Waals surface area contributed by atoms with Gasteiger partial charge < -0.3 is 19.6 Å². The molecule has 0 saturated heterocycles. The van der Waals surface area contributed by atoms with Crippen molar-refractivity contribution in [3.63, 3.8) is 0 Å². The molecule has 1 amide bonds. The summed E-state index contributed by atoms with van der Waals surface area (Å²) in [4.78, 5) is 12.4. The van der Waals surface area contributed by atoms with E-state index in [0.717, 1.165) is 0 Å². The monoisotopic (exact) mass is 471 g/mol. The predicted molar refractivity (Wildman–Crippen MR) is 138 cm³/mol. The van der Waals surface area contributed by atoms with Gasteiger partial charge in [0.2, 0.25) is 0 Å². The molecule has 0 aliphatic rings. The molecule has 0 saturated carbocycles. The van der Waals surface area contributed by atoms with Crippen LogP contribution in [0.5, 0.6) is 0 Å². The summed E-state index contributed by atoms with van der Waals surface area (Å²) in [5.41, 5.74) is -0.581. The van der Waals surface area contributed by atoms with Gasteiger partial charge in [-0.15, -0.1) is 0 Å². The highest BCUT2D eigenvalue weighted by Crippen LogP contribution is 2.37. The lowest BCUT2D eigenvalue weighted by molar-refractivity contribution is 0.0443. The Balaban J connectivity index is 2.39. The molecule has 0 unspecified atom stereocenters. The van der Waals surface area contributed by atoms with Gasteiger partial charge in [0.1, 0.15) is 5.60 Å². The molecule has 0 aromatic heterocycles. The summed E-state index contributed by atoms with van der Waals surface area (Å²) < 4.78 is 12.4. The van der Waals surface area contributed by atoms with Crippen molar-refractivity contribution in [3.8, 4) is 0 Å². The summed E-state index contributed by atoms with van der Waals surface area (Å²) in [5, 5.41) is 15.4. The van der Waals surface area contributed by atoms with E-state index in [2.05, 4.69) is 74.6 Å². The van der Waals surface area contributed by atoms with E-state index in [1.165, 1.54) is 10.4 Å². The molecule has 2 rings (SSSR count). The van der Waals surface area contributed by atoms with Gasteiger partial charge in [-0.05, 0) is 42.6 Å². The third-order valence-electron chi connectivity index (χ3n) is 5.88. The fourth-order valence-corrected chi connectivity index (χ4v) is 8.92. The summed E-state index contributed by atoms with van der Waals surface area (Å²) in [7, 11) is -2.72. The number of benzene rings is 2. The maximum absolute atomic E-state index is 12.4. The number of aliphatic hydroxyl groups is 1. The Labute approximate surface area is 200 Å². The van der Waals surface area contributed by atoms with Crippen molar-refractivity contribution in [1.82, 2.24) is 5.32 Å². The fourth-order valence-electron chi connectivity index (χ4n) is 4.30. The van der Waals surface area contributed by atoms with Gasteiger partial charge in [-0.3, -0.25) is 0 Å². The Morgan fingerprint density at radius 2 is 1.42 bits per heavy atom. The molecule has 0 aliphatic carbocycles. The number of rotatable bonds is 9. The van der Waals surface area contributed by atoms with E-state index in [9.17, 15) is 9.90 Å². The second-order valence-corrected chi connectivity index (χ2v) is 14.9. The van der Waals surface area contributed by atoms with Crippen LogP contribution in [0.1, 0.15) is 54.9 Å². The van der Waals surface area contributed by atoms with Crippen LogP contribution in [-0.4, -0.2) is 44.4 Å². The fraction of sp³-hybridized carbons (Fsp3) is 0.519. The highest BCUT2D eigenvalue weighted by molar-refractivity contribution is 6.99. The third-order valence-corrected chi connectivity index (χ3v) is 10.9. The van der Waals surface area contributed by atoms with E-state index < -0.39 is 20.0 Å². The molecule has 0 spiro atoms. The largest absolute Gasteiger partial charge is 0.444 e. The van der Waals surface area contributed by atoms with E-state index in [4.69, 9.17) is 9.16 Å². The van der Waals surface area contributed by atoms with Gasteiger partial charge in [-0.1, -0.05) is 88.4 Å². The van der Waals surface area contributed by atoms with Gasteiger partial charge in [0.15, 0.2) is 0 Å². The average Bonchev–Trinajstić information content (AvgIpc) is 2.75. The molecule has 0 aliphatic heterocycles. The first-order chi connectivity index (χ1) is 15.4. The van der Waals surface area contributed by atoms with E-state index in [-0.39, 0.29) is 23.6 Å². The van der Waals surface area contributed by atoms with Crippen molar-refractivity contribution >= 4 is 24.8 Å². The van der Waals surface area contributed by atoms with Crippen molar-refractivity contribution in [2.24, 2.45) is 5.92 Å². The average molecular weight is 472 g/mol. The second kappa shape index (κ2) is 11.3. The van der Waals surface area contributed by atoms with Crippen molar-refractivity contribution in [2.75, 3.05) is 13.2 Å². The van der Waals surface area contributed by atoms with Crippen LogP contribution in [-0.2, 0) is 9.16 Å². The SMILES string of the molecule is CC[C@@H](NC(=O)OC(C)(C)C)[C@H](CO)CO[Si](c1ccccc1)(c1ccccc1)C(C)(C)C. The van der Waals surface area contributed by atoms with E-state index in [1.807, 2.05) is 39.8 Å². The summed E-state index contributed by atoms with van der Waals surface area (Å²) in [6.45, 7) is 14.4. The van der Waals surface area contributed by atoms with Crippen LogP contribution in [0.2, 0.25) is 5.04 Å². The van der Waals surface area contributed by atoms with Crippen LogP contribution in [0.4, 0.5) is 4.79 Å². The molecule has 0 fully saturated rings. The highest BCUT2D eigenvalue weighted by atomic mass is 28.4. The normalized spacial score (nSPS) is 14.4. The lowest BCUT2D eigenvalue weighted by atomic mass is 9.99. The van der Waals surface area contributed by atoms with Crippen molar-refractivity contribution in [3.05, 3.63) is 60.7 Å². The molecule has 5 nitrogen and oxygen atoms in total. The number of hydrogen-bond acceptors (Lipinski definition) is 4. The van der Waals surface area contributed by atoms with E-state index in [1.54, 1.807) is 0 Å². The first-order valence-corrected chi connectivity index (χ1v) is 13.7. The zero-order valence-corrected chi connectivity index (χ0v) is 22.2. The molecule has 2 aromatic carbocycles. The minimum Gasteiger partial charge on any atom is -0.444 e. The summed E-state index contributed by atoms with van der Waals surface area (Å²) in [6.07, 6.45) is 0.187. The lowest BCUT2D eigenvalue weighted by Gasteiger charge is -2.44. The van der Waals surface area contributed by atoms with Crippen molar-refractivity contribution in [2.45, 2.75) is 71.6 Å². The number of carbonyl (C=O) groups is 1. The summed E-state index contributed by atoms with van der Waals surface area (Å²) in [5.74, 6) is -0.260. The number of amides is 1. The number of carbonyl (C=O) groups excluding carboxylic acids is 1. The zero-order valence-electron chi connectivity index (χ0n) is 21.2. The molecular weight excluding hydrogens is 430 g/mol. The van der Waals surface area contributed by atoms with Crippen LogP contribution in [0.25, 0.3) is 0 Å². The Morgan fingerprint density at radius 3 is 1.79 bits per heavy atom. The van der Waals surface area contributed by atoms with E-state index in [0.29, 0.717) is 13.0 Å². The summed E-state index contributed by atoms with van der Waals surface area (Å²) in [6, 6.07) is 20.6. The van der Waals surface area contributed by atoms with Crippen molar-refractivity contribution < 1.29 is 19.1 Å². The van der Waals surface area contributed by atoms with Crippen LogP contribution in [0, 0.1) is 5.92 Å². The van der Waals surface area contributed by atoms with Gasteiger partial charge in [-0.25, -0.2) is 4.79 Å². The smallest absolute Gasteiger partial charge is 0.407 e. The van der Waals surface area contributed by atoms with Gasteiger partial charge >= 0.3 is 6.09 Å². The number of hydrogen-bond donors (Lipinski definition) is 2. The molecular formula is C27H41NO4Si. The first-order valence-electron chi connectivity index (χ1n) is 11.8. The van der Waals surface area contributed by atoms with E-state index >= 15 is 0 Å². The number of alkyl carbamates (subject to hydrolysis) is 1.